The number of benzene rings is 1. The van der Waals surface area contributed by atoms with Crippen molar-refractivity contribution in [3.63, 3.8) is 0 Å². The van der Waals surface area contributed by atoms with Gasteiger partial charge in [-0.2, -0.15) is 0 Å². The monoisotopic (exact) mass is 368 g/mol. The number of aromatic nitrogens is 1. The second kappa shape index (κ2) is 7.56. The molecule has 0 aliphatic heterocycles. The van der Waals surface area contributed by atoms with Crippen molar-refractivity contribution in [1.29, 1.82) is 0 Å². The Morgan fingerprint density at radius 3 is 2.71 bits per heavy atom. The van der Waals surface area contributed by atoms with Crippen molar-refractivity contribution in [1.82, 2.24) is 9.88 Å². The zero-order valence-corrected chi connectivity index (χ0v) is 14.4. The fourth-order valence-electron chi connectivity index (χ4n) is 1.74. The van der Waals surface area contributed by atoms with E-state index < -0.39 is 0 Å². The summed E-state index contributed by atoms with van der Waals surface area (Å²) in [7, 11) is 1.78. The van der Waals surface area contributed by atoms with Crippen molar-refractivity contribution in [2.45, 2.75) is 13.3 Å². The topological polar surface area (TPSA) is 42.4 Å². The Morgan fingerprint density at radius 1 is 1.38 bits per heavy atom. The molecule has 0 saturated heterocycles. The third-order valence-electron chi connectivity index (χ3n) is 2.93. The molecule has 112 valence electrons. The van der Waals surface area contributed by atoms with E-state index in [-0.39, 0.29) is 5.91 Å². The van der Waals surface area contributed by atoms with Crippen LogP contribution in [-0.4, -0.2) is 36.0 Å². The molecule has 0 aliphatic carbocycles. The van der Waals surface area contributed by atoms with Crippen molar-refractivity contribution in [2.75, 3.05) is 20.2 Å². The largest absolute Gasteiger partial charge is 0.492 e. The number of aryl methyl sites for hydroxylation is 1. The Labute approximate surface area is 136 Å². The Bertz CT molecular complexity index is 598. The van der Waals surface area contributed by atoms with E-state index in [9.17, 15) is 4.79 Å². The second-order valence-corrected chi connectivity index (χ2v) is 6.63. The minimum absolute atomic E-state index is 0.0553. The zero-order valence-electron chi connectivity index (χ0n) is 12.0. The molecule has 6 heteroatoms. The van der Waals surface area contributed by atoms with Gasteiger partial charge >= 0.3 is 0 Å². The molecule has 1 amide bonds. The number of hydrogen-bond donors (Lipinski definition) is 0. The van der Waals surface area contributed by atoms with Crippen LogP contribution in [0.5, 0.6) is 5.75 Å². The lowest BCUT2D eigenvalue weighted by Gasteiger charge is -2.17. The van der Waals surface area contributed by atoms with E-state index in [0.717, 1.165) is 20.9 Å². The van der Waals surface area contributed by atoms with Gasteiger partial charge in [0.05, 0.1) is 23.7 Å². The lowest BCUT2D eigenvalue weighted by Crippen LogP contribution is -2.32. The van der Waals surface area contributed by atoms with Gasteiger partial charge in [0.1, 0.15) is 12.4 Å². The molecule has 0 aliphatic rings. The highest BCUT2D eigenvalue weighted by molar-refractivity contribution is 9.10. The molecule has 1 aromatic heterocycles. The summed E-state index contributed by atoms with van der Waals surface area (Å²) >= 11 is 4.94. The summed E-state index contributed by atoms with van der Waals surface area (Å²) in [6.07, 6.45) is 0.346. The smallest absolute Gasteiger partial charge is 0.228 e. The van der Waals surface area contributed by atoms with E-state index in [0.29, 0.717) is 19.6 Å². The molecule has 2 aromatic rings. The highest BCUT2D eigenvalue weighted by Gasteiger charge is 2.11. The van der Waals surface area contributed by atoms with E-state index in [1.165, 1.54) is 0 Å². The van der Waals surface area contributed by atoms with Gasteiger partial charge in [-0.1, -0.05) is 15.9 Å². The lowest BCUT2D eigenvalue weighted by atomic mass is 10.3. The summed E-state index contributed by atoms with van der Waals surface area (Å²) in [6, 6.07) is 7.64. The van der Waals surface area contributed by atoms with Crippen molar-refractivity contribution < 1.29 is 9.53 Å². The van der Waals surface area contributed by atoms with Crippen LogP contribution in [0.15, 0.2) is 34.1 Å². The van der Waals surface area contributed by atoms with Gasteiger partial charge in [0.15, 0.2) is 0 Å². The zero-order chi connectivity index (χ0) is 15.2. The van der Waals surface area contributed by atoms with Crippen LogP contribution in [0.3, 0.4) is 0 Å². The number of carbonyl (C=O) groups excluding carboxylic acids is 1. The molecule has 1 aromatic carbocycles. The number of amides is 1. The van der Waals surface area contributed by atoms with Crippen LogP contribution in [0, 0.1) is 6.92 Å². The summed E-state index contributed by atoms with van der Waals surface area (Å²) in [4.78, 5) is 18.0. The van der Waals surface area contributed by atoms with E-state index in [1.807, 2.05) is 36.6 Å². The maximum absolute atomic E-state index is 12.0. The Balaban J connectivity index is 1.74. The molecule has 0 spiro atoms. The fraction of sp³-hybridized carbons (Fsp3) is 0.333. The van der Waals surface area contributed by atoms with Crippen molar-refractivity contribution in [3.05, 3.63) is 44.8 Å². The fourth-order valence-corrected chi connectivity index (χ4v) is 2.61. The van der Waals surface area contributed by atoms with Gasteiger partial charge < -0.3 is 9.64 Å². The first kappa shape index (κ1) is 16.0. The SMILES string of the molecule is Cc1nc(CC(=O)N(C)CCOc2ccc(Br)cc2)cs1. The molecular weight excluding hydrogens is 352 g/mol. The van der Waals surface area contributed by atoms with Gasteiger partial charge in [-0.3, -0.25) is 4.79 Å². The van der Waals surface area contributed by atoms with E-state index >= 15 is 0 Å². The number of carbonyl (C=O) groups is 1. The van der Waals surface area contributed by atoms with Crippen LogP contribution in [0.2, 0.25) is 0 Å². The molecule has 0 atom stereocenters. The van der Waals surface area contributed by atoms with E-state index in [2.05, 4.69) is 20.9 Å². The minimum atomic E-state index is 0.0553. The van der Waals surface area contributed by atoms with Crippen LogP contribution < -0.4 is 4.74 Å². The quantitative estimate of drug-likeness (QED) is 0.785. The lowest BCUT2D eigenvalue weighted by molar-refractivity contribution is -0.129. The molecule has 1 heterocycles. The summed E-state index contributed by atoms with van der Waals surface area (Å²) < 4.78 is 6.62. The molecule has 21 heavy (non-hydrogen) atoms. The Hall–Kier alpha value is -1.40. The molecule has 0 saturated carbocycles. The molecule has 0 bridgehead atoms. The van der Waals surface area contributed by atoms with Gasteiger partial charge in [-0.25, -0.2) is 4.98 Å². The molecular formula is C15H17BrN2O2S. The number of hydrogen-bond acceptors (Lipinski definition) is 4. The van der Waals surface area contributed by atoms with Crippen LogP contribution in [-0.2, 0) is 11.2 Å². The van der Waals surface area contributed by atoms with Crippen molar-refractivity contribution in [3.8, 4) is 5.75 Å². The molecule has 0 N–H and O–H groups in total. The number of nitrogens with zero attached hydrogens (tertiary/aromatic N) is 2. The second-order valence-electron chi connectivity index (χ2n) is 4.65. The Kier molecular flexibility index (Phi) is 5.76. The molecule has 2 rings (SSSR count). The minimum Gasteiger partial charge on any atom is -0.492 e. The molecule has 0 radical (unpaired) electrons. The third kappa shape index (κ3) is 5.13. The first-order chi connectivity index (χ1) is 10.0. The number of thiazole rings is 1. The van der Waals surface area contributed by atoms with Gasteiger partial charge in [0.2, 0.25) is 5.91 Å². The maximum atomic E-state index is 12.0. The standard InChI is InChI=1S/C15H17BrN2O2S/c1-11-17-13(10-21-11)9-15(19)18(2)7-8-20-14-5-3-12(16)4-6-14/h3-6,10H,7-9H2,1-2H3. The highest BCUT2D eigenvalue weighted by atomic mass is 79.9. The molecule has 0 fully saturated rings. The van der Waals surface area contributed by atoms with Crippen molar-refractivity contribution >= 4 is 33.2 Å². The summed E-state index contributed by atoms with van der Waals surface area (Å²) in [5.74, 6) is 0.855. The van der Waals surface area contributed by atoms with Crippen molar-refractivity contribution in [2.24, 2.45) is 0 Å². The van der Waals surface area contributed by atoms with Gasteiger partial charge in [0.25, 0.3) is 0 Å². The highest BCUT2D eigenvalue weighted by Crippen LogP contribution is 2.16. The summed E-state index contributed by atoms with van der Waals surface area (Å²) in [5, 5.41) is 2.92. The Morgan fingerprint density at radius 2 is 2.10 bits per heavy atom. The van der Waals surface area contributed by atoms with Crippen LogP contribution >= 0.6 is 27.3 Å². The average molecular weight is 369 g/mol. The first-order valence-corrected chi connectivity index (χ1v) is 8.25. The first-order valence-electron chi connectivity index (χ1n) is 6.58. The number of ether oxygens (including phenoxy) is 1. The number of halogens is 1. The predicted molar refractivity (Wildman–Crippen MR) is 87.8 cm³/mol. The van der Waals surface area contributed by atoms with E-state index in [4.69, 9.17) is 4.74 Å². The van der Waals surface area contributed by atoms with Gasteiger partial charge in [-0.15, -0.1) is 11.3 Å². The predicted octanol–water partition coefficient (Wildman–Crippen LogP) is 3.29. The molecule has 4 nitrogen and oxygen atoms in total. The summed E-state index contributed by atoms with van der Waals surface area (Å²) in [5.41, 5.74) is 0.836. The average Bonchev–Trinajstić information content (AvgIpc) is 2.86. The molecule has 0 unspecified atom stereocenters. The maximum Gasteiger partial charge on any atom is 0.228 e. The normalized spacial score (nSPS) is 10.4. The third-order valence-corrected chi connectivity index (χ3v) is 4.28. The van der Waals surface area contributed by atoms with Crippen LogP contribution in [0.4, 0.5) is 0 Å². The van der Waals surface area contributed by atoms with E-state index in [1.54, 1.807) is 23.3 Å². The van der Waals surface area contributed by atoms with Gasteiger partial charge in [0, 0.05) is 16.9 Å². The van der Waals surface area contributed by atoms with Gasteiger partial charge in [-0.05, 0) is 31.2 Å². The number of rotatable bonds is 6. The number of likely N-dealkylation sites (N-methyl/N-ethyl adjacent to an activating group) is 1. The van der Waals surface area contributed by atoms with Crippen LogP contribution in [0.25, 0.3) is 0 Å². The summed E-state index contributed by atoms with van der Waals surface area (Å²) in [6.45, 7) is 2.96. The van der Waals surface area contributed by atoms with Crippen LogP contribution in [0.1, 0.15) is 10.7 Å².